The van der Waals surface area contributed by atoms with E-state index in [0.29, 0.717) is 31.3 Å². The molecule has 2 atom stereocenters. The molecule has 3 aromatic heterocycles. The lowest BCUT2D eigenvalue weighted by atomic mass is 10.2. The van der Waals surface area contributed by atoms with Crippen LogP contribution >= 0.6 is 11.3 Å². The summed E-state index contributed by atoms with van der Waals surface area (Å²) < 4.78 is 13.9. The van der Waals surface area contributed by atoms with Crippen molar-refractivity contribution in [3.8, 4) is 5.88 Å². The first kappa shape index (κ1) is 22.3. The molecule has 0 unspecified atom stereocenters. The molecule has 0 spiro atoms. The molecule has 9 heteroatoms. The van der Waals surface area contributed by atoms with Crippen LogP contribution in [0.4, 0.5) is 10.9 Å². The summed E-state index contributed by atoms with van der Waals surface area (Å²) in [6.45, 7) is 10.8. The molecule has 0 radical (unpaired) electrons. The first-order valence-corrected chi connectivity index (χ1v) is 11.5. The predicted octanol–water partition coefficient (Wildman–Crippen LogP) is 4.31. The van der Waals surface area contributed by atoms with E-state index in [1.807, 2.05) is 31.5 Å². The van der Waals surface area contributed by atoms with E-state index in [0.717, 1.165) is 20.9 Å². The zero-order valence-electron chi connectivity index (χ0n) is 18.9. The van der Waals surface area contributed by atoms with Gasteiger partial charge < -0.3 is 24.3 Å². The Morgan fingerprint density at radius 3 is 2.94 bits per heavy atom. The normalized spacial score (nSPS) is 18.5. The van der Waals surface area contributed by atoms with Gasteiger partial charge in [-0.2, -0.15) is 4.98 Å². The molecule has 1 aliphatic rings. The van der Waals surface area contributed by atoms with E-state index < -0.39 is 0 Å². The molecule has 1 saturated heterocycles. The van der Waals surface area contributed by atoms with Crippen LogP contribution in [0.1, 0.15) is 31.2 Å². The lowest BCUT2D eigenvalue weighted by Gasteiger charge is -2.23. The van der Waals surface area contributed by atoms with Crippen molar-refractivity contribution in [2.24, 2.45) is 0 Å². The Morgan fingerprint density at radius 1 is 1.47 bits per heavy atom. The van der Waals surface area contributed by atoms with E-state index in [2.05, 4.69) is 35.3 Å². The van der Waals surface area contributed by atoms with Gasteiger partial charge in [-0.05, 0) is 39.3 Å². The molecule has 0 bridgehead atoms. The molecule has 0 aliphatic carbocycles. The number of rotatable bonds is 8. The van der Waals surface area contributed by atoms with Crippen molar-refractivity contribution < 1.29 is 14.3 Å². The number of hydrogen-bond donors (Lipinski definition) is 1. The summed E-state index contributed by atoms with van der Waals surface area (Å²) in [5.41, 5.74) is 1.03. The fourth-order valence-corrected chi connectivity index (χ4v) is 4.71. The standard InChI is InChI=1S/C23H29N5O3S/c1-6-21(29)28-12-17(30-5)9-16(28)13-31-22-18-7-8-27(14(2)3)19(18)10-20(25-22)26-23-24-11-15(4)32-23/h6-8,10-11,14,16-17H,1,9,12-13H2,2-5H3,(H,24,25,26)/t16-,17+/m1/s1. The molecule has 1 fully saturated rings. The molecule has 1 aliphatic heterocycles. The number of thiazole rings is 1. The van der Waals surface area contributed by atoms with Crippen LogP contribution in [0.3, 0.4) is 0 Å². The Labute approximate surface area is 191 Å². The number of ether oxygens (including phenoxy) is 2. The first-order valence-electron chi connectivity index (χ1n) is 10.7. The second kappa shape index (κ2) is 9.30. The van der Waals surface area contributed by atoms with Crippen LogP contribution in [0.25, 0.3) is 10.9 Å². The number of methoxy groups -OCH3 is 1. The summed E-state index contributed by atoms with van der Waals surface area (Å²) in [5, 5.41) is 5.01. The van der Waals surface area contributed by atoms with Crippen molar-refractivity contribution >= 4 is 39.1 Å². The number of hydrogen-bond acceptors (Lipinski definition) is 7. The van der Waals surface area contributed by atoms with Gasteiger partial charge in [-0.3, -0.25) is 4.79 Å². The number of aryl methyl sites for hydroxylation is 1. The number of pyridine rings is 1. The molecule has 1 amide bonds. The SMILES string of the molecule is C=CC(=O)N1C[C@@H](OC)C[C@@H]1COc1nc(Nc2ncc(C)s2)cc2c1ccn2C(C)C. The smallest absolute Gasteiger partial charge is 0.246 e. The molecule has 3 aromatic rings. The number of likely N-dealkylation sites (tertiary alicyclic amines) is 1. The zero-order chi connectivity index (χ0) is 22.8. The van der Waals surface area contributed by atoms with Gasteiger partial charge in [-0.25, -0.2) is 4.98 Å². The molecular weight excluding hydrogens is 426 g/mol. The number of anilines is 2. The summed E-state index contributed by atoms with van der Waals surface area (Å²) in [4.78, 5) is 24.3. The summed E-state index contributed by atoms with van der Waals surface area (Å²) in [6.07, 6.45) is 5.92. The maximum absolute atomic E-state index is 12.3. The number of amides is 1. The average Bonchev–Trinajstić information content (AvgIpc) is 3.49. The van der Waals surface area contributed by atoms with Gasteiger partial charge in [-0.1, -0.05) is 6.58 Å². The van der Waals surface area contributed by atoms with Crippen LogP contribution in [0.2, 0.25) is 0 Å². The van der Waals surface area contributed by atoms with Crippen LogP contribution in [0.5, 0.6) is 5.88 Å². The van der Waals surface area contributed by atoms with Gasteiger partial charge in [0, 0.05) is 43.0 Å². The fourth-order valence-electron chi connectivity index (χ4n) is 4.04. The lowest BCUT2D eigenvalue weighted by molar-refractivity contribution is -0.127. The van der Waals surface area contributed by atoms with Gasteiger partial charge >= 0.3 is 0 Å². The van der Waals surface area contributed by atoms with E-state index >= 15 is 0 Å². The highest BCUT2D eigenvalue weighted by molar-refractivity contribution is 7.15. The largest absolute Gasteiger partial charge is 0.475 e. The highest BCUT2D eigenvalue weighted by Gasteiger charge is 2.35. The van der Waals surface area contributed by atoms with Gasteiger partial charge in [0.05, 0.1) is 23.0 Å². The number of aromatic nitrogens is 3. The third kappa shape index (κ3) is 4.49. The van der Waals surface area contributed by atoms with E-state index in [1.165, 1.54) is 6.08 Å². The monoisotopic (exact) mass is 455 g/mol. The molecule has 0 saturated carbocycles. The third-order valence-corrected chi connectivity index (χ3v) is 6.50. The minimum atomic E-state index is -0.114. The summed E-state index contributed by atoms with van der Waals surface area (Å²) in [7, 11) is 1.67. The lowest BCUT2D eigenvalue weighted by Crippen LogP contribution is -2.38. The van der Waals surface area contributed by atoms with Crippen molar-refractivity contribution in [1.29, 1.82) is 0 Å². The third-order valence-electron chi connectivity index (χ3n) is 5.67. The van der Waals surface area contributed by atoms with Crippen molar-refractivity contribution in [3.05, 3.63) is 42.1 Å². The highest BCUT2D eigenvalue weighted by Crippen LogP contribution is 2.32. The minimum absolute atomic E-state index is 0.0105. The van der Waals surface area contributed by atoms with Crippen molar-refractivity contribution in [3.63, 3.8) is 0 Å². The number of nitrogens with one attached hydrogen (secondary N) is 1. The topological polar surface area (TPSA) is 81.5 Å². The molecule has 4 rings (SSSR count). The minimum Gasteiger partial charge on any atom is -0.475 e. The van der Waals surface area contributed by atoms with Crippen LogP contribution in [0.15, 0.2) is 37.2 Å². The molecule has 32 heavy (non-hydrogen) atoms. The molecule has 8 nitrogen and oxygen atoms in total. The molecule has 0 aromatic carbocycles. The van der Waals surface area contributed by atoms with Crippen molar-refractivity contribution in [2.75, 3.05) is 25.6 Å². The Kier molecular flexibility index (Phi) is 6.48. The number of fused-ring (bicyclic) bond motifs is 1. The van der Waals surface area contributed by atoms with Crippen LogP contribution < -0.4 is 10.1 Å². The van der Waals surface area contributed by atoms with Gasteiger partial charge in [0.25, 0.3) is 0 Å². The zero-order valence-corrected chi connectivity index (χ0v) is 19.7. The Bertz CT molecular complexity index is 1120. The van der Waals surface area contributed by atoms with Crippen molar-refractivity contribution in [2.45, 2.75) is 45.4 Å². The van der Waals surface area contributed by atoms with E-state index in [4.69, 9.17) is 14.5 Å². The summed E-state index contributed by atoms with van der Waals surface area (Å²) in [6, 6.07) is 4.22. The average molecular weight is 456 g/mol. The van der Waals surface area contributed by atoms with Crippen LogP contribution in [-0.2, 0) is 9.53 Å². The molecule has 1 N–H and O–H groups in total. The quantitative estimate of drug-likeness (QED) is 0.510. The highest BCUT2D eigenvalue weighted by atomic mass is 32.1. The Hall–Kier alpha value is -2.91. The fraction of sp³-hybridized carbons (Fsp3) is 0.435. The van der Waals surface area contributed by atoms with Crippen LogP contribution in [-0.4, -0.2) is 57.7 Å². The second-order valence-corrected chi connectivity index (χ2v) is 9.45. The predicted molar refractivity (Wildman–Crippen MR) is 127 cm³/mol. The van der Waals surface area contributed by atoms with Gasteiger partial charge in [0.2, 0.25) is 11.8 Å². The van der Waals surface area contributed by atoms with Gasteiger partial charge in [0.15, 0.2) is 5.13 Å². The maximum Gasteiger partial charge on any atom is 0.246 e. The second-order valence-electron chi connectivity index (χ2n) is 8.22. The summed E-state index contributed by atoms with van der Waals surface area (Å²) in [5.74, 6) is 1.09. The van der Waals surface area contributed by atoms with Gasteiger partial charge in [0.1, 0.15) is 12.4 Å². The molecule has 170 valence electrons. The Morgan fingerprint density at radius 2 is 2.28 bits per heavy atom. The first-order chi connectivity index (χ1) is 15.4. The number of nitrogens with zero attached hydrogens (tertiary/aromatic N) is 4. The molecular formula is C23H29N5O3S. The number of carbonyl (C=O) groups excluding carboxylic acids is 1. The van der Waals surface area contributed by atoms with E-state index in [9.17, 15) is 4.79 Å². The molecule has 4 heterocycles. The van der Waals surface area contributed by atoms with Crippen molar-refractivity contribution in [1.82, 2.24) is 19.4 Å². The van der Waals surface area contributed by atoms with E-state index in [1.54, 1.807) is 23.3 Å². The Balaban J connectivity index is 1.63. The van der Waals surface area contributed by atoms with Crippen LogP contribution in [0, 0.1) is 6.92 Å². The maximum atomic E-state index is 12.3. The van der Waals surface area contributed by atoms with Gasteiger partial charge in [-0.15, -0.1) is 11.3 Å². The number of carbonyl (C=O) groups is 1. The van der Waals surface area contributed by atoms with E-state index in [-0.39, 0.29) is 24.1 Å². The summed E-state index contributed by atoms with van der Waals surface area (Å²) >= 11 is 1.57.